The lowest BCUT2D eigenvalue weighted by Gasteiger charge is -2.20. The number of pyridine rings is 1. The molecular weight excluding hydrogens is 233 g/mol. The number of anilines is 1. The van der Waals surface area contributed by atoms with Crippen molar-refractivity contribution in [1.82, 2.24) is 4.98 Å². The lowest BCUT2D eigenvalue weighted by molar-refractivity contribution is -0.141. The summed E-state index contributed by atoms with van der Waals surface area (Å²) in [6, 6.07) is 1.99. The molecule has 0 fully saturated rings. The maximum atomic E-state index is 12.5. The van der Waals surface area contributed by atoms with Gasteiger partial charge in [0.05, 0.1) is 5.56 Å². The topological polar surface area (TPSA) is 66.0 Å². The predicted octanol–water partition coefficient (Wildman–Crippen LogP) is 1.84. The summed E-state index contributed by atoms with van der Waals surface area (Å²) < 4.78 is 37.5. The first-order chi connectivity index (χ1) is 7.77. The minimum Gasteiger partial charge on any atom is -0.384 e. The van der Waals surface area contributed by atoms with Gasteiger partial charge in [0.2, 0.25) is 0 Å². The molecule has 0 spiro atoms. The quantitative estimate of drug-likeness (QED) is 0.631. The van der Waals surface area contributed by atoms with Crippen molar-refractivity contribution >= 4 is 11.7 Å². The summed E-state index contributed by atoms with van der Waals surface area (Å²) in [6.07, 6.45) is -4.50. The minimum atomic E-state index is -4.50. The Kier molecular flexibility index (Phi) is 3.59. The summed E-state index contributed by atoms with van der Waals surface area (Å²) in [5, 5.41) is 7.30. The van der Waals surface area contributed by atoms with Crippen LogP contribution in [0, 0.1) is 5.41 Å². The van der Waals surface area contributed by atoms with Crippen LogP contribution in [0.3, 0.4) is 0 Å². The smallest absolute Gasteiger partial charge is 0.384 e. The molecule has 0 amide bonds. The third kappa shape index (κ3) is 2.86. The first-order valence-corrected chi connectivity index (χ1v) is 4.91. The van der Waals surface area contributed by atoms with Crippen LogP contribution in [0.5, 0.6) is 0 Å². The highest BCUT2D eigenvalue weighted by Gasteiger charge is 2.33. The highest BCUT2D eigenvalue weighted by Crippen LogP contribution is 2.30. The van der Waals surface area contributed by atoms with Gasteiger partial charge in [-0.25, -0.2) is 4.98 Å². The van der Waals surface area contributed by atoms with E-state index in [1.54, 1.807) is 14.0 Å². The molecule has 0 unspecified atom stereocenters. The third-order valence-electron chi connectivity index (χ3n) is 2.29. The van der Waals surface area contributed by atoms with Crippen LogP contribution in [0.1, 0.15) is 18.2 Å². The van der Waals surface area contributed by atoms with Crippen molar-refractivity contribution in [3.8, 4) is 0 Å². The van der Waals surface area contributed by atoms with Crippen molar-refractivity contribution in [1.29, 1.82) is 5.41 Å². The fourth-order valence-electron chi connectivity index (χ4n) is 1.26. The van der Waals surface area contributed by atoms with E-state index in [9.17, 15) is 13.2 Å². The Balaban J connectivity index is 3.34. The molecule has 1 heterocycles. The molecule has 7 heteroatoms. The number of halogens is 3. The van der Waals surface area contributed by atoms with Crippen LogP contribution in [0.4, 0.5) is 19.0 Å². The second kappa shape index (κ2) is 4.60. The largest absolute Gasteiger partial charge is 0.433 e. The molecule has 0 atom stereocenters. The summed E-state index contributed by atoms with van der Waals surface area (Å²) in [5.74, 6) is -0.239. The van der Waals surface area contributed by atoms with Crippen LogP contribution in [-0.2, 0) is 6.18 Å². The number of rotatable bonds is 3. The van der Waals surface area contributed by atoms with E-state index in [1.807, 2.05) is 0 Å². The molecular formula is C10H13F3N4. The lowest BCUT2D eigenvalue weighted by atomic mass is 10.2. The van der Waals surface area contributed by atoms with E-state index in [2.05, 4.69) is 4.98 Å². The molecule has 0 saturated carbocycles. The predicted molar refractivity (Wildman–Crippen MR) is 59.2 cm³/mol. The van der Waals surface area contributed by atoms with Gasteiger partial charge in [0, 0.05) is 13.6 Å². The van der Waals surface area contributed by atoms with Gasteiger partial charge in [-0.2, -0.15) is 13.2 Å². The Labute approximate surface area is 96.8 Å². The first kappa shape index (κ1) is 13.3. The van der Waals surface area contributed by atoms with Crippen molar-refractivity contribution in [2.75, 3.05) is 18.5 Å². The van der Waals surface area contributed by atoms with Crippen LogP contribution in [0.15, 0.2) is 12.1 Å². The molecule has 17 heavy (non-hydrogen) atoms. The van der Waals surface area contributed by atoms with E-state index in [1.165, 1.54) is 11.0 Å². The second-order valence-corrected chi connectivity index (χ2v) is 3.49. The van der Waals surface area contributed by atoms with Crippen LogP contribution in [0.2, 0.25) is 0 Å². The molecule has 4 nitrogen and oxygen atoms in total. The maximum Gasteiger partial charge on any atom is 0.433 e. The van der Waals surface area contributed by atoms with Crippen molar-refractivity contribution in [3.05, 3.63) is 23.4 Å². The van der Waals surface area contributed by atoms with Gasteiger partial charge in [-0.3, -0.25) is 5.41 Å². The van der Waals surface area contributed by atoms with E-state index < -0.39 is 11.9 Å². The molecule has 0 radical (unpaired) electrons. The van der Waals surface area contributed by atoms with Crippen LogP contribution < -0.4 is 10.6 Å². The Bertz CT molecular complexity index is 428. The average molecular weight is 246 g/mol. The molecule has 1 aromatic heterocycles. The monoisotopic (exact) mass is 246 g/mol. The van der Waals surface area contributed by atoms with Gasteiger partial charge >= 0.3 is 6.18 Å². The van der Waals surface area contributed by atoms with E-state index >= 15 is 0 Å². The lowest BCUT2D eigenvalue weighted by Crippen LogP contribution is -2.24. The fourth-order valence-corrected chi connectivity index (χ4v) is 1.26. The number of nitrogens with zero attached hydrogens (tertiary/aromatic N) is 2. The molecule has 1 rings (SSSR count). The number of nitrogens with one attached hydrogen (secondary N) is 1. The van der Waals surface area contributed by atoms with E-state index in [4.69, 9.17) is 11.1 Å². The third-order valence-corrected chi connectivity index (χ3v) is 2.29. The minimum absolute atomic E-state index is 0.0647. The van der Waals surface area contributed by atoms with Crippen molar-refractivity contribution < 1.29 is 13.2 Å². The Hall–Kier alpha value is -1.79. The number of hydrogen-bond acceptors (Lipinski definition) is 3. The van der Waals surface area contributed by atoms with Crippen LogP contribution >= 0.6 is 0 Å². The molecule has 1 aromatic rings. The Morgan fingerprint density at radius 3 is 2.47 bits per heavy atom. The van der Waals surface area contributed by atoms with Crippen LogP contribution in [-0.4, -0.2) is 24.4 Å². The number of alkyl halides is 3. The van der Waals surface area contributed by atoms with E-state index in [0.29, 0.717) is 6.54 Å². The maximum absolute atomic E-state index is 12.5. The normalized spacial score (nSPS) is 11.4. The number of hydrogen-bond donors (Lipinski definition) is 2. The van der Waals surface area contributed by atoms with Gasteiger partial charge in [0.25, 0.3) is 0 Å². The van der Waals surface area contributed by atoms with Gasteiger partial charge in [0.15, 0.2) is 0 Å². The number of nitrogens with two attached hydrogens (primary N) is 1. The zero-order valence-electron chi connectivity index (χ0n) is 9.47. The van der Waals surface area contributed by atoms with Gasteiger partial charge in [-0.1, -0.05) is 0 Å². The van der Waals surface area contributed by atoms with Gasteiger partial charge in [0.1, 0.15) is 17.3 Å². The number of aromatic nitrogens is 1. The number of nitrogen functional groups attached to an aromatic ring is 1. The molecule has 0 aliphatic carbocycles. The zero-order chi connectivity index (χ0) is 13.2. The molecule has 0 aliphatic rings. The fraction of sp³-hybridized carbons (Fsp3) is 0.400. The van der Waals surface area contributed by atoms with E-state index in [0.717, 1.165) is 6.07 Å². The van der Waals surface area contributed by atoms with Gasteiger partial charge in [-0.05, 0) is 19.1 Å². The Morgan fingerprint density at radius 1 is 1.47 bits per heavy atom. The van der Waals surface area contributed by atoms with Crippen molar-refractivity contribution in [2.45, 2.75) is 13.1 Å². The first-order valence-electron chi connectivity index (χ1n) is 4.91. The highest BCUT2D eigenvalue weighted by atomic mass is 19.4. The highest BCUT2D eigenvalue weighted by molar-refractivity contribution is 5.99. The molecule has 3 N–H and O–H groups in total. The molecule has 0 bridgehead atoms. The zero-order valence-corrected chi connectivity index (χ0v) is 9.47. The summed E-state index contributed by atoms with van der Waals surface area (Å²) >= 11 is 0. The number of amidine groups is 1. The molecule has 0 saturated heterocycles. The second-order valence-electron chi connectivity index (χ2n) is 3.49. The van der Waals surface area contributed by atoms with Crippen molar-refractivity contribution in [3.63, 3.8) is 0 Å². The van der Waals surface area contributed by atoms with Crippen molar-refractivity contribution in [2.24, 2.45) is 5.73 Å². The standard InChI is InChI=1S/C10H13F3N4/c1-3-17(2)9-6(8(14)15)4-5-7(16-9)10(11,12)13/h4-5H,3H2,1-2H3,(H3,14,15). The summed E-state index contributed by atoms with van der Waals surface area (Å²) in [5.41, 5.74) is 4.51. The Morgan fingerprint density at radius 2 is 2.06 bits per heavy atom. The molecule has 0 aliphatic heterocycles. The molecule has 94 valence electrons. The molecule has 0 aromatic carbocycles. The summed E-state index contributed by atoms with van der Waals surface area (Å²) in [7, 11) is 1.59. The summed E-state index contributed by atoms with van der Waals surface area (Å²) in [6.45, 7) is 2.24. The average Bonchev–Trinajstić information content (AvgIpc) is 2.25. The van der Waals surface area contributed by atoms with Crippen LogP contribution in [0.25, 0.3) is 0 Å². The summed E-state index contributed by atoms with van der Waals surface area (Å²) in [4.78, 5) is 5.02. The van der Waals surface area contributed by atoms with Gasteiger partial charge in [-0.15, -0.1) is 0 Å². The van der Waals surface area contributed by atoms with Gasteiger partial charge < -0.3 is 10.6 Å². The van der Waals surface area contributed by atoms with E-state index in [-0.39, 0.29) is 17.2 Å². The SMILES string of the molecule is CCN(C)c1nc(C(F)(F)F)ccc1C(=N)N.